The molecule has 0 fully saturated rings. The number of esters is 1. The normalized spacial score (nSPS) is 10.9. The second-order valence-corrected chi connectivity index (χ2v) is 5.65. The van der Waals surface area contributed by atoms with Crippen LogP contribution in [0.3, 0.4) is 0 Å². The van der Waals surface area contributed by atoms with Gasteiger partial charge in [0.2, 0.25) is 0 Å². The molecule has 0 aromatic carbocycles. The number of fused-ring (bicyclic) bond motifs is 1. The van der Waals surface area contributed by atoms with E-state index in [1.807, 2.05) is 19.9 Å². The van der Waals surface area contributed by atoms with E-state index in [1.54, 1.807) is 0 Å². The van der Waals surface area contributed by atoms with Gasteiger partial charge in [-0.2, -0.15) is 0 Å². The smallest absolute Gasteiger partial charge is 0.326 e. The molecule has 0 saturated heterocycles. The first-order valence-corrected chi connectivity index (χ1v) is 7.60. The molecule has 2 aromatic rings. The number of thiophene rings is 1. The Morgan fingerprint density at radius 2 is 2.25 bits per heavy atom. The molecule has 0 N–H and O–H groups in total. The lowest BCUT2D eigenvalue weighted by Gasteiger charge is -2.05. The van der Waals surface area contributed by atoms with Crippen LogP contribution in [0.5, 0.6) is 0 Å². The van der Waals surface area contributed by atoms with Crippen LogP contribution in [0.4, 0.5) is 0 Å². The van der Waals surface area contributed by atoms with E-state index < -0.39 is 5.97 Å². The van der Waals surface area contributed by atoms with Crippen molar-refractivity contribution in [3.8, 4) is 0 Å². The minimum atomic E-state index is -0.396. The van der Waals surface area contributed by atoms with Crippen molar-refractivity contribution >= 4 is 27.5 Å². The fourth-order valence-electron chi connectivity index (χ4n) is 1.81. The number of rotatable bonds is 6. The van der Waals surface area contributed by atoms with Crippen LogP contribution in [0.1, 0.15) is 31.6 Å². The minimum Gasteiger partial charge on any atom is -0.464 e. The van der Waals surface area contributed by atoms with E-state index in [0.29, 0.717) is 12.0 Å². The molecule has 108 valence electrons. The van der Waals surface area contributed by atoms with Gasteiger partial charge in [0, 0.05) is 4.88 Å². The van der Waals surface area contributed by atoms with Crippen LogP contribution in [0.25, 0.3) is 10.2 Å². The van der Waals surface area contributed by atoms with Crippen LogP contribution < -0.4 is 5.56 Å². The maximum Gasteiger partial charge on any atom is 0.326 e. The first kappa shape index (κ1) is 14.7. The molecule has 0 amide bonds. The van der Waals surface area contributed by atoms with Gasteiger partial charge < -0.3 is 4.74 Å². The molecular formula is C14H18N2O3S. The third-order valence-corrected chi connectivity index (χ3v) is 4.17. The SMILES string of the molecule is CCCCOC(=O)Cn1cnc2sc(CC)cc2c1=O. The van der Waals surface area contributed by atoms with Crippen molar-refractivity contribution in [2.75, 3.05) is 6.61 Å². The van der Waals surface area contributed by atoms with Crippen LogP contribution in [-0.4, -0.2) is 22.1 Å². The fourth-order valence-corrected chi connectivity index (χ4v) is 2.74. The van der Waals surface area contributed by atoms with Gasteiger partial charge in [-0.05, 0) is 18.9 Å². The monoisotopic (exact) mass is 294 g/mol. The van der Waals surface area contributed by atoms with Crippen molar-refractivity contribution in [3.05, 3.63) is 27.6 Å². The molecule has 0 atom stereocenters. The lowest BCUT2D eigenvalue weighted by molar-refractivity contribution is -0.144. The number of unbranched alkanes of at least 4 members (excludes halogenated alkanes) is 1. The Hall–Kier alpha value is -1.69. The van der Waals surface area contributed by atoms with Crippen LogP contribution in [0.2, 0.25) is 0 Å². The number of carbonyl (C=O) groups is 1. The first-order valence-electron chi connectivity index (χ1n) is 6.79. The van der Waals surface area contributed by atoms with E-state index >= 15 is 0 Å². The van der Waals surface area contributed by atoms with E-state index in [9.17, 15) is 9.59 Å². The third-order valence-electron chi connectivity index (χ3n) is 2.98. The van der Waals surface area contributed by atoms with Gasteiger partial charge >= 0.3 is 5.97 Å². The van der Waals surface area contributed by atoms with Gasteiger partial charge in [-0.3, -0.25) is 14.2 Å². The minimum absolute atomic E-state index is 0.0806. The van der Waals surface area contributed by atoms with Crippen molar-refractivity contribution < 1.29 is 9.53 Å². The van der Waals surface area contributed by atoms with E-state index in [4.69, 9.17) is 4.74 Å². The summed E-state index contributed by atoms with van der Waals surface area (Å²) in [6, 6.07) is 1.86. The largest absolute Gasteiger partial charge is 0.464 e. The standard InChI is InChI=1S/C14H18N2O3S/c1-3-5-6-19-12(17)8-16-9-15-13-11(14(16)18)7-10(4-2)20-13/h7,9H,3-6,8H2,1-2H3. The molecule has 0 aliphatic heterocycles. The van der Waals surface area contributed by atoms with E-state index in [0.717, 1.165) is 29.0 Å². The summed E-state index contributed by atoms with van der Waals surface area (Å²) < 4.78 is 6.36. The number of hydrogen-bond acceptors (Lipinski definition) is 5. The third kappa shape index (κ3) is 3.25. The second kappa shape index (κ2) is 6.65. The fraction of sp³-hybridized carbons (Fsp3) is 0.500. The summed E-state index contributed by atoms with van der Waals surface area (Å²) in [6.07, 6.45) is 4.10. The summed E-state index contributed by atoms with van der Waals surface area (Å²) >= 11 is 1.52. The zero-order valence-corrected chi connectivity index (χ0v) is 12.5. The summed E-state index contributed by atoms with van der Waals surface area (Å²) in [4.78, 5) is 30.0. The van der Waals surface area contributed by atoms with Gasteiger partial charge in [0.15, 0.2) is 0 Å². The average molecular weight is 294 g/mol. The molecule has 0 unspecified atom stereocenters. The number of hydrogen-bond donors (Lipinski definition) is 0. The molecule has 0 aliphatic carbocycles. The predicted octanol–water partition coefficient (Wildman–Crippen LogP) is 2.36. The first-order chi connectivity index (χ1) is 9.65. The molecule has 2 rings (SSSR count). The highest BCUT2D eigenvalue weighted by Gasteiger charge is 2.11. The molecule has 2 aromatic heterocycles. The second-order valence-electron chi connectivity index (χ2n) is 4.54. The number of aromatic nitrogens is 2. The van der Waals surface area contributed by atoms with Crippen molar-refractivity contribution in [1.82, 2.24) is 9.55 Å². The Balaban J connectivity index is 2.16. The van der Waals surface area contributed by atoms with Gasteiger partial charge in [0.1, 0.15) is 11.4 Å². The molecule has 0 spiro atoms. The molecule has 0 bridgehead atoms. The highest BCUT2D eigenvalue weighted by Crippen LogP contribution is 2.20. The summed E-state index contributed by atoms with van der Waals surface area (Å²) in [7, 11) is 0. The summed E-state index contributed by atoms with van der Waals surface area (Å²) in [6.45, 7) is 4.38. The maximum absolute atomic E-state index is 12.2. The Bertz CT molecular complexity index is 660. The highest BCUT2D eigenvalue weighted by atomic mass is 32.1. The van der Waals surface area contributed by atoms with Crippen molar-refractivity contribution in [2.24, 2.45) is 0 Å². The molecule has 5 nitrogen and oxygen atoms in total. The van der Waals surface area contributed by atoms with E-state index in [-0.39, 0.29) is 12.1 Å². The number of carbonyl (C=O) groups excluding carboxylic acids is 1. The molecule has 0 radical (unpaired) electrons. The Morgan fingerprint density at radius 3 is 2.95 bits per heavy atom. The average Bonchev–Trinajstić information content (AvgIpc) is 2.86. The van der Waals surface area contributed by atoms with Crippen LogP contribution in [0.15, 0.2) is 17.2 Å². The summed E-state index contributed by atoms with van der Waals surface area (Å²) in [5.41, 5.74) is -0.182. The van der Waals surface area contributed by atoms with E-state index in [1.165, 1.54) is 22.2 Å². The zero-order chi connectivity index (χ0) is 14.5. The lowest BCUT2D eigenvalue weighted by Crippen LogP contribution is -2.25. The van der Waals surface area contributed by atoms with Crippen LogP contribution in [-0.2, 0) is 22.5 Å². The van der Waals surface area contributed by atoms with E-state index in [2.05, 4.69) is 4.98 Å². The summed E-state index contributed by atoms with van der Waals surface area (Å²) in [5.74, 6) is -0.396. The number of aryl methyl sites for hydroxylation is 1. The Kier molecular flexibility index (Phi) is 4.89. The Labute approximate surface area is 121 Å². The molecule has 0 aliphatic rings. The van der Waals surface area contributed by atoms with Gasteiger partial charge in [-0.25, -0.2) is 4.98 Å². The topological polar surface area (TPSA) is 61.2 Å². The van der Waals surface area contributed by atoms with Crippen molar-refractivity contribution in [2.45, 2.75) is 39.7 Å². The van der Waals surface area contributed by atoms with Gasteiger partial charge in [0.05, 0.1) is 18.3 Å². The zero-order valence-electron chi connectivity index (χ0n) is 11.7. The Morgan fingerprint density at radius 1 is 1.45 bits per heavy atom. The van der Waals surface area contributed by atoms with Crippen LogP contribution in [0, 0.1) is 0 Å². The molecule has 20 heavy (non-hydrogen) atoms. The molecule has 2 heterocycles. The highest BCUT2D eigenvalue weighted by molar-refractivity contribution is 7.18. The van der Waals surface area contributed by atoms with Crippen molar-refractivity contribution in [3.63, 3.8) is 0 Å². The molecular weight excluding hydrogens is 276 g/mol. The maximum atomic E-state index is 12.2. The quantitative estimate of drug-likeness (QED) is 0.606. The summed E-state index contributed by atoms with van der Waals surface area (Å²) in [5, 5.41) is 0.579. The number of ether oxygens (including phenoxy) is 1. The molecule has 0 saturated carbocycles. The van der Waals surface area contributed by atoms with Crippen molar-refractivity contribution in [1.29, 1.82) is 0 Å². The number of nitrogens with zero attached hydrogens (tertiary/aromatic N) is 2. The lowest BCUT2D eigenvalue weighted by atomic mass is 10.3. The van der Waals surface area contributed by atoms with Crippen LogP contribution >= 0.6 is 11.3 Å². The van der Waals surface area contributed by atoms with Gasteiger partial charge in [-0.1, -0.05) is 20.3 Å². The van der Waals surface area contributed by atoms with Gasteiger partial charge in [-0.15, -0.1) is 11.3 Å². The molecule has 6 heteroatoms. The predicted molar refractivity (Wildman–Crippen MR) is 79.1 cm³/mol. The van der Waals surface area contributed by atoms with Gasteiger partial charge in [0.25, 0.3) is 5.56 Å².